The Kier molecular flexibility index (Phi) is 4.44. The number of nitrogens with one attached hydrogen (secondary N) is 2. The summed E-state index contributed by atoms with van der Waals surface area (Å²) in [4.78, 5) is 23.4. The lowest BCUT2D eigenvalue weighted by Gasteiger charge is -2.24. The monoisotopic (exact) mass is 357 g/mol. The smallest absolute Gasteiger partial charge is 0.243 e. The van der Waals surface area contributed by atoms with E-state index in [-0.39, 0.29) is 11.9 Å². The van der Waals surface area contributed by atoms with Crippen molar-refractivity contribution in [2.45, 2.75) is 37.8 Å². The Bertz CT molecular complexity index is 780. The zero-order chi connectivity index (χ0) is 17.2. The van der Waals surface area contributed by atoms with Crippen molar-refractivity contribution in [1.29, 1.82) is 0 Å². The van der Waals surface area contributed by atoms with Crippen LogP contribution in [0.5, 0.6) is 0 Å². The van der Waals surface area contributed by atoms with Crippen LogP contribution in [0, 0.1) is 0 Å². The van der Waals surface area contributed by atoms with E-state index >= 15 is 0 Å². The van der Waals surface area contributed by atoms with E-state index in [2.05, 4.69) is 20.6 Å². The molecule has 4 rings (SSSR count). The first-order chi connectivity index (χ1) is 12.2. The van der Waals surface area contributed by atoms with Gasteiger partial charge < -0.3 is 15.5 Å². The van der Waals surface area contributed by atoms with Gasteiger partial charge in [0.05, 0.1) is 10.7 Å². The third kappa shape index (κ3) is 3.69. The highest BCUT2D eigenvalue weighted by molar-refractivity contribution is 6.33. The number of carbonyl (C=O) groups is 1. The number of hydrogen-bond donors (Lipinski definition) is 2. The van der Waals surface area contributed by atoms with Crippen LogP contribution in [0.3, 0.4) is 0 Å². The summed E-state index contributed by atoms with van der Waals surface area (Å²) in [7, 11) is 0. The fraction of sp³-hybridized carbons (Fsp3) is 0.389. The standard InChI is InChI=1S/C18H20ClN5O/c19-13-4-1-2-5-14(13)22-16-9-10-20-18(23-16)24-11-3-6-15(24)17(25)21-12-7-8-12/h1-2,4-5,9-10,12,15H,3,6-8,11H2,(H,21,25)(H,20,22,23)/t15-/m0/s1. The number of benzene rings is 1. The maximum atomic E-state index is 12.5. The van der Waals surface area contributed by atoms with E-state index in [1.807, 2.05) is 29.2 Å². The van der Waals surface area contributed by atoms with E-state index in [9.17, 15) is 4.79 Å². The summed E-state index contributed by atoms with van der Waals surface area (Å²) in [6.07, 6.45) is 5.69. The molecule has 1 aliphatic heterocycles. The zero-order valence-electron chi connectivity index (χ0n) is 13.8. The SMILES string of the molecule is O=C(NC1CC1)[C@@H]1CCCN1c1nccc(Nc2ccccc2Cl)n1. The fourth-order valence-corrected chi connectivity index (χ4v) is 3.24. The molecule has 1 saturated carbocycles. The molecule has 0 unspecified atom stereocenters. The van der Waals surface area contributed by atoms with Gasteiger partial charge in [0.15, 0.2) is 0 Å². The first kappa shape index (κ1) is 16.1. The summed E-state index contributed by atoms with van der Waals surface area (Å²) in [5.41, 5.74) is 0.790. The van der Waals surface area contributed by atoms with Crippen LogP contribution >= 0.6 is 11.6 Å². The van der Waals surface area contributed by atoms with E-state index in [1.165, 1.54) is 0 Å². The molecule has 1 aromatic carbocycles. The Morgan fingerprint density at radius 3 is 2.84 bits per heavy atom. The fourth-order valence-electron chi connectivity index (χ4n) is 3.06. The summed E-state index contributed by atoms with van der Waals surface area (Å²) in [6, 6.07) is 9.49. The van der Waals surface area contributed by atoms with Crippen molar-refractivity contribution >= 4 is 35.0 Å². The van der Waals surface area contributed by atoms with Crippen molar-refractivity contribution in [3.63, 3.8) is 0 Å². The highest BCUT2D eigenvalue weighted by Crippen LogP contribution is 2.27. The molecule has 0 radical (unpaired) electrons. The third-order valence-corrected chi connectivity index (χ3v) is 4.85. The number of anilines is 3. The summed E-state index contributed by atoms with van der Waals surface area (Å²) in [6.45, 7) is 0.790. The van der Waals surface area contributed by atoms with Crippen molar-refractivity contribution in [2.24, 2.45) is 0 Å². The molecule has 2 aromatic rings. The summed E-state index contributed by atoms with van der Waals surface area (Å²) in [5.74, 6) is 1.32. The van der Waals surface area contributed by atoms with Crippen molar-refractivity contribution in [1.82, 2.24) is 15.3 Å². The van der Waals surface area contributed by atoms with Gasteiger partial charge in [0.2, 0.25) is 11.9 Å². The average molecular weight is 358 g/mol. The summed E-state index contributed by atoms with van der Waals surface area (Å²) in [5, 5.41) is 6.93. The number of aromatic nitrogens is 2. The zero-order valence-corrected chi connectivity index (χ0v) is 14.5. The van der Waals surface area contributed by atoms with Gasteiger partial charge in [0, 0.05) is 18.8 Å². The summed E-state index contributed by atoms with van der Waals surface area (Å²) < 4.78 is 0. The Morgan fingerprint density at radius 2 is 2.04 bits per heavy atom. The van der Waals surface area contributed by atoms with Crippen LogP contribution in [0.2, 0.25) is 5.02 Å². The number of carbonyl (C=O) groups excluding carboxylic acids is 1. The molecule has 25 heavy (non-hydrogen) atoms. The highest BCUT2D eigenvalue weighted by Gasteiger charge is 2.35. The average Bonchev–Trinajstić information content (AvgIpc) is 3.29. The topological polar surface area (TPSA) is 70.2 Å². The predicted molar refractivity (Wildman–Crippen MR) is 98.3 cm³/mol. The van der Waals surface area contributed by atoms with Gasteiger partial charge in [-0.2, -0.15) is 4.98 Å². The van der Waals surface area contributed by atoms with E-state index in [1.54, 1.807) is 12.3 Å². The first-order valence-corrected chi connectivity index (χ1v) is 9.00. The van der Waals surface area contributed by atoms with Gasteiger partial charge in [-0.25, -0.2) is 4.98 Å². The van der Waals surface area contributed by atoms with Crippen LogP contribution in [-0.4, -0.2) is 34.5 Å². The molecule has 1 saturated heterocycles. The molecular weight excluding hydrogens is 338 g/mol. The Balaban J connectivity index is 1.52. The lowest BCUT2D eigenvalue weighted by Crippen LogP contribution is -2.44. The molecule has 1 aliphatic carbocycles. The minimum absolute atomic E-state index is 0.0908. The van der Waals surface area contributed by atoms with E-state index < -0.39 is 0 Å². The van der Waals surface area contributed by atoms with Crippen LogP contribution in [0.15, 0.2) is 36.5 Å². The molecule has 0 bridgehead atoms. The van der Waals surface area contributed by atoms with E-state index in [4.69, 9.17) is 11.6 Å². The van der Waals surface area contributed by atoms with Crippen molar-refractivity contribution in [3.8, 4) is 0 Å². The molecule has 2 N–H and O–H groups in total. The second-order valence-corrected chi connectivity index (χ2v) is 6.89. The largest absolute Gasteiger partial charge is 0.352 e. The molecule has 7 heteroatoms. The second-order valence-electron chi connectivity index (χ2n) is 6.48. The van der Waals surface area contributed by atoms with Crippen molar-refractivity contribution < 1.29 is 4.79 Å². The maximum Gasteiger partial charge on any atom is 0.243 e. The molecule has 6 nitrogen and oxygen atoms in total. The van der Waals surface area contributed by atoms with Crippen molar-refractivity contribution in [2.75, 3.05) is 16.8 Å². The number of halogens is 1. The Labute approximate surface area is 151 Å². The number of rotatable bonds is 5. The summed E-state index contributed by atoms with van der Waals surface area (Å²) >= 11 is 6.19. The normalized spacial score (nSPS) is 19.7. The number of para-hydroxylation sites is 1. The molecule has 1 atom stereocenters. The third-order valence-electron chi connectivity index (χ3n) is 4.52. The second kappa shape index (κ2) is 6.88. The highest BCUT2D eigenvalue weighted by atomic mass is 35.5. The van der Waals surface area contributed by atoms with Gasteiger partial charge in [-0.15, -0.1) is 0 Å². The number of amides is 1. The Hall–Kier alpha value is -2.34. The van der Waals surface area contributed by atoms with Gasteiger partial charge in [0.25, 0.3) is 0 Å². The molecule has 1 aromatic heterocycles. The Morgan fingerprint density at radius 1 is 1.20 bits per heavy atom. The van der Waals surface area contributed by atoms with Crippen LogP contribution in [0.25, 0.3) is 0 Å². The quantitative estimate of drug-likeness (QED) is 0.860. The van der Waals surface area contributed by atoms with Gasteiger partial charge in [0.1, 0.15) is 11.9 Å². The predicted octanol–water partition coefficient (Wildman–Crippen LogP) is 3.12. The van der Waals surface area contributed by atoms with Gasteiger partial charge in [-0.05, 0) is 43.9 Å². The molecule has 2 aliphatic rings. The minimum Gasteiger partial charge on any atom is -0.352 e. The van der Waals surface area contributed by atoms with Gasteiger partial charge in [-0.3, -0.25) is 4.79 Å². The first-order valence-electron chi connectivity index (χ1n) is 8.62. The van der Waals surface area contributed by atoms with Crippen LogP contribution in [0.1, 0.15) is 25.7 Å². The maximum absolute atomic E-state index is 12.5. The van der Waals surface area contributed by atoms with E-state index in [0.29, 0.717) is 22.8 Å². The molecule has 2 heterocycles. The molecule has 130 valence electrons. The molecular formula is C18H20ClN5O. The van der Waals surface area contributed by atoms with Crippen LogP contribution in [0.4, 0.5) is 17.5 Å². The van der Waals surface area contributed by atoms with Crippen LogP contribution < -0.4 is 15.5 Å². The van der Waals surface area contributed by atoms with Crippen LogP contribution in [-0.2, 0) is 4.79 Å². The number of nitrogens with zero attached hydrogens (tertiary/aromatic N) is 3. The van der Waals surface area contributed by atoms with E-state index in [0.717, 1.165) is 37.9 Å². The molecule has 0 spiro atoms. The van der Waals surface area contributed by atoms with Crippen molar-refractivity contribution in [3.05, 3.63) is 41.6 Å². The number of hydrogen-bond acceptors (Lipinski definition) is 5. The molecule has 1 amide bonds. The molecule has 2 fully saturated rings. The van der Waals surface area contributed by atoms with Gasteiger partial charge >= 0.3 is 0 Å². The van der Waals surface area contributed by atoms with Gasteiger partial charge in [-0.1, -0.05) is 23.7 Å². The minimum atomic E-state index is -0.184. The lowest BCUT2D eigenvalue weighted by molar-refractivity contribution is -0.122. The lowest BCUT2D eigenvalue weighted by atomic mass is 10.2.